The average molecular weight is 191 g/mol. The fourth-order valence-electron chi connectivity index (χ4n) is 1.12. The normalized spacial score (nSPS) is 22.9. The summed E-state index contributed by atoms with van der Waals surface area (Å²) in [6.45, 7) is 6.83. The Kier molecular flexibility index (Phi) is 4.66. The molecule has 0 aromatic rings. The minimum atomic E-state index is 0.487. The third-order valence-corrected chi connectivity index (χ3v) is 2.25. The van der Waals surface area contributed by atoms with E-state index >= 15 is 0 Å². The SMILES string of the molecule is C=C(CCl)COCC1CCOC1. The Morgan fingerprint density at radius 3 is 3.08 bits per heavy atom. The Hall–Kier alpha value is -0.0500. The van der Waals surface area contributed by atoms with Crippen molar-refractivity contribution in [3.8, 4) is 0 Å². The van der Waals surface area contributed by atoms with Gasteiger partial charge in [-0.15, -0.1) is 11.6 Å². The van der Waals surface area contributed by atoms with Gasteiger partial charge in [-0.3, -0.25) is 0 Å². The molecule has 0 aromatic heterocycles. The van der Waals surface area contributed by atoms with Gasteiger partial charge in [0, 0.05) is 18.4 Å². The quantitative estimate of drug-likeness (QED) is 0.487. The van der Waals surface area contributed by atoms with E-state index in [9.17, 15) is 0 Å². The number of alkyl halides is 1. The van der Waals surface area contributed by atoms with Crippen molar-refractivity contribution in [2.45, 2.75) is 6.42 Å². The zero-order valence-corrected chi connectivity index (χ0v) is 7.98. The number of halogens is 1. The summed E-state index contributed by atoms with van der Waals surface area (Å²) in [5, 5.41) is 0. The summed E-state index contributed by atoms with van der Waals surface area (Å²) in [7, 11) is 0. The third kappa shape index (κ3) is 3.57. The summed E-state index contributed by atoms with van der Waals surface area (Å²) < 4.78 is 10.6. The lowest BCUT2D eigenvalue weighted by Crippen LogP contribution is -2.10. The van der Waals surface area contributed by atoms with E-state index in [0.717, 1.165) is 31.8 Å². The van der Waals surface area contributed by atoms with Gasteiger partial charge in [0.15, 0.2) is 0 Å². The molecule has 0 bridgehead atoms. The minimum Gasteiger partial charge on any atom is -0.381 e. The molecule has 70 valence electrons. The summed E-state index contributed by atoms with van der Waals surface area (Å²) >= 11 is 5.54. The molecule has 3 heteroatoms. The Morgan fingerprint density at radius 1 is 1.67 bits per heavy atom. The molecule has 0 amide bonds. The van der Waals surface area contributed by atoms with Crippen LogP contribution < -0.4 is 0 Å². The smallest absolute Gasteiger partial charge is 0.0685 e. The molecule has 12 heavy (non-hydrogen) atoms. The number of rotatable bonds is 5. The fourth-order valence-corrected chi connectivity index (χ4v) is 1.20. The van der Waals surface area contributed by atoms with E-state index in [2.05, 4.69) is 6.58 Å². The highest BCUT2D eigenvalue weighted by Gasteiger charge is 2.15. The fraction of sp³-hybridized carbons (Fsp3) is 0.778. The van der Waals surface area contributed by atoms with Crippen molar-refractivity contribution in [2.24, 2.45) is 5.92 Å². The summed E-state index contributed by atoms with van der Waals surface area (Å²) in [4.78, 5) is 0. The first-order valence-corrected chi connectivity index (χ1v) is 4.74. The molecular formula is C9H15ClO2. The first-order chi connectivity index (χ1) is 5.83. The van der Waals surface area contributed by atoms with E-state index < -0.39 is 0 Å². The van der Waals surface area contributed by atoms with Crippen LogP contribution in [-0.2, 0) is 9.47 Å². The van der Waals surface area contributed by atoms with E-state index in [0.29, 0.717) is 18.4 Å². The summed E-state index contributed by atoms with van der Waals surface area (Å²) in [6, 6.07) is 0. The van der Waals surface area contributed by atoms with Crippen molar-refractivity contribution in [3.05, 3.63) is 12.2 Å². The second kappa shape index (κ2) is 5.57. The van der Waals surface area contributed by atoms with Gasteiger partial charge in [-0.25, -0.2) is 0 Å². The lowest BCUT2D eigenvalue weighted by Gasteiger charge is -2.08. The highest BCUT2D eigenvalue weighted by molar-refractivity contribution is 6.19. The zero-order chi connectivity index (χ0) is 8.81. The zero-order valence-electron chi connectivity index (χ0n) is 7.22. The maximum atomic E-state index is 5.54. The first-order valence-electron chi connectivity index (χ1n) is 4.21. The lowest BCUT2D eigenvalue weighted by atomic mass is 10.1. The second-order valence-corrected chi connectivity index (χ2v) is 3.40. The summed E-state index contributed by atoms with van der Waals surface area (Å²) in [6.07, 6.45) is 1.12. The van der Waals surface area contributed by atoms with Gasteiger partial charge >= 0.3 is 0 Å². The van der Waals surface area contributed by atoms with Crippen molar-refractivity contribution in [2.75, 3.05) is 32.3 Å². The minimum absolute atomic E-state index is 0.487. The van der Waals surface area contributed by atoms with Gasteiger partial charge in [0.05, 0.1) is 19.8 Å². The van der Waals surface area contributed by atoms with Crippen molar-refractivity contribution < 1.29 is 9.47 Å². The maximum Gasteiger partial charge on any atom is 0.0685 e. The van der Waals surface area contributed by atoms with Crippen LogP contribution in [0, 0.1) is 5.92 Å². The molecule has 1 atom stereocenters. The van der Waals surface area contributed by atoms with Crippen molar-refractivity contribution in [3.63, 3.8) is 0 Å². The molecule has 0 N–H and O–H groups in total. The Bertz CT molecular complexity index is 141. The van der Waals surface area contributed by atoms with Gasteiger partial charge in [0.1, 0.15) is 0 Å². The van der Waals surface area contributed by atoms with E-state index in [1.165, 1.54) is 0 Å². The molecule has 1 fully saturated rings. The standard InChI is InChI=1S/C9H15ClO2/c1-8(4-10)5-12-7-9-2-3-11-6-9/h9H,1-7H2. The van der Waals surface area contributed by atoms with Gasteiger partial charge in [0.25, 0.3) is 0 Å². The van der Waals surface area contributed by atoms with Crippen LogP contribution in [0.15, 0.2) is 12.2 Å². The van der Waals surface area contributed by atoms with Crippen LogP contribution in [0.4, 0.5) is 0 Å². The molecule has 0 aliphatic carbocycles. The van der Waals surface area contributed by atoms with Gasteiger partial charge in [0.2, 0.25) is 0 Å². The van der Waals surface area contributed by atoms with Crippen LogP contribution in [0.25, 0.3) is 0 Å². The molecule has 0 radical (unpaired) electrons. The molecule has 1 unspecified atom stereocenters. The monoisotopic (exact) mass is 190 g/mol. The molecule has 0 saturated carbocycles. The lowest BCUT2D eigenvalue weighted by molar-refractivity contribution is 0.105. The van der Waals surface area contributed by atoms with E-state index in [-0.39, 0.29) is 0 Å². The molecule has 1 aliphatic heterocycles. The van der Waals surface area contributed by atoms with E-state index in [4.69, 9.17) is 21.1 Å². The molecule has 0 spiro atoms. The second-order valence-electron chi connectivity index (χ2n) is 3.13. The van der Waals surface area contributed by atoms with Crippen LogP contribution in [0.3, 0.4) is 0 Å². The molecule has 1 saturated heterocycles. The van der Waals surface area contributed by atoms with Gasteiger partial charge in [-0.1, -0.05) is 6.58 Å². The summed E-state index contributed by atoms with van der Waals surface area (Å²) in [5.74, 6) is 1.06. The topological polar surface area (TPSA) is 18.5 Å². The number of hydrogen-bond acceptors (Lipinski definition) is 2. The van der Waals surface area contributed by atoms with Gasteiger partial charge in [-0.2, -0.15) is 0 Å². The van der Waals surface area contributed by atoms with Crippen LogP contribution in [0.2, 0.25) is 0 Å². The molecule has 1 aliphatic rings. The van der Waals surface area contributed by atoms with E-state index in [1.807, 2.05) is 0 Å². The van der Waals surface area contributed by atoms with Crippen LogP contribution in [0.1, 0.15) is 6.42 Å². The third-order valence-electron chi connectivity index (χ3n) is 1.87. The van der Waals surface area contributed by atoms with Crippen LogP contribution in [0.5, 0.6) is 0 Å². The van der Waals surface area contributed by atoms with E-state index in [1.54, 1.807) is 0 Å². The van der Waals surface area contributed by atoms with Crippen LogP contribution >= 0.6 is 11.6 Å². The van der Waals surface area contributed by atoms with Crippen molar-refractivity contribution >= 4 is 11.6 Å². The molecular weight excluding hydrogens is 176 g/mol. The highest BCUT2D eigenvalue weighted by atomic mass is 35.5. The highest BCUT2D eigenvalue weighted by Crippen LogP contribution is 2.12. The number of ether oxygens (including phenoxy) is 2. The van der Waals surface area contributed by atoms with Gasteiger partial charge < -0.3 is 9.47 Å². The number of hydrogen-bond donors (Lipinski definition) is 0. The largest absolute Gasteiger partial charge is 0.381 e. The Morgan fingerprint density at radius 2 is 2.50 bits per heavy atom. The predicted octanol–water partition coefficient (Wildman–Crippen LogP) is 1.83. The maximum absolute atomic E-state index is 5.54. The van der Waals surface area contributed by atoms with Crippen molar-refractivity contribution in [1.82, 2.24) is 0 Å². The first kappa shape index (κ1) is 10.0. The predicted molar refractivity (Wildman–Crippen MR) is 49.6 cm³/mol. The van der Waals surface area contributed by atoms with Crippen molar-refractivity contribution in [1.29, 1.82) is 0 Å². The van der Waals surface area contributed by atoms with Crippen LogP contribution in [-0.4, -0.2) is 32.3 Å². The Balaban J connectivity index is 1.97. The average Bonchev–Trinajstić information content (AvgIpc) is 2.57. The molecule has 1 rings (SSSR count). The molecule has 2 nitrogen and oxygen atoms in total. The van der Waals surface area contributed by atoms with Gasteiger partial charge in [-0.05, 0) is 12.0 Å². The molecule has 0 aromatic carbocycles. The molecule has 1 heterocycles. The summed E-state index contributed by atoms with van der Waals surface area (Å²) in [5.41, 5.74) is 0.940. The Labute approximate surface area is 78.5 Å².